The number of carbonyl (C=O) groups is 1. The van der Waals surface area contributed by atoms with Crippen molar-refractivity contribution in [2.75, 3.05) is 5.32 Å². The fourth-order valence-electron chi connectivity index (χ4n) is 1.47. The molecule has 2 nitrogen and oxygen atoms in total. The van der Waals surface area contributed by atoms with Crippen molar-refractivity contribution in [1.29, 1.82) is 0 Å². The highest BCUT2D eigenvalue weighted by Gasteiger charge is 2.13. The van der Waals surface area contributed by atoms with Crippen LogP contribution in [-0.2, 0) is 4.79 Å². The van der Waals surface area contributed by atoms with Gasteiger partial charge in [0.1, 0.15) is 0 Å². The van der Waals surface area contributed by atoms with Crippen molar-refractivity contribution >= 4 is 23.2 Å². The van der Waals surface area contributed by atoms with E-state index in [2.05, 4.69) is 5.32 Å². The van der Waals surface area contributed by atoms with Crippen LogP contribution >= 0.6 is 11.6 Å². The van der Waals surface area contributed by atoms with Gasteiger partial charge < -0.3 is 5.32 Å². The largest absolute Gasteiger partial charge is 0.326 e. The molecule has 82 valence electrons. The summed E-state index contributed by atoms with van der Waals surface area (Å²) < 4.78 is 0. The Morgan fingerprint density at radius 2 is 2.07 bits per heavy atom. The average Bonchev–Trinajstić information content (AvgIpc) is 2.19. The van der Waals surface area contributed by atoms with Gasteiger partial charge in [0.25, 0.3) is 0 Å². The Morgan fingerprint density at radius 3 is 2.60 bits per heavy atom. The maximum Gasteiger partial charge on any atom is 0.227 e. The van der Waals surface area contributed by atoms with E-state index in [1.165, 1.54) is 0 Å². The summed E-state index contributed by atoms with van der Waals surface area (Å²) >= 11 is 5.82. The summed E-state index contributed by atoms with van der Waals surface area (Å²) in [5.41, 5.74) is 0.763. The second-order valence-corrected chi connectivity index (χ2v) is 3.95. The zero-order valence-corrected chi connectivity index (χ0v) is 9.84. The second kappa shape index (κ2) is 5.76. The van der Waals surface area contributed by atoms with Crippen molar-refractivity contribution < 1.29 is 4.79 Å². The van der Waals surface area contributed by atoms with Gasteiger partial charge in [-0.1, -0.05) is 31.5 Å². The molecule has 0 saturated carbocycles. The lowest BCUT2D eigenvalue weighted by molar-refractivity contribution is -0.120. The van der Waals surface area contributed by atoms with Crippen LogP contribution in [0.4, 0.5) is 5.69 Å². The normalized spacial score (nSPS) is 10.4. The molecule has 0 bridgehead atoms. The van der Waals surface area contributed by atoms with Crippen molar-refractivity contribution in [3.63, 3.8) is 0 Å². The maximum atomic E-state index is 11.7. The lowest BCUT2D eigenvalue weighted by Crippen LogP contribution is -2.21. The third-order valence-corrected chi connectivity index (χ3v) is 2.68. The van der Waals surface area contributed by atoms with Crippen LogP contribution in [0.3, 0.4) is 0 Å². The third-order valence-electron chi connectivity index (χ3n) is 2.45. The quantitative estimate of drug-likeness (QED) is 0.832. The minimum absolute atomic E-state index is 0.0715. The van der Waals surface area contributed by atoms with Crippen molar-refractivity contribution in [3.8, 4) is 0 Å². The van der Waals surface area contributed by atoms with Crippen LogP contribution in [0.15, 0.2) is 24.3 Å². The summed E-state index contributed by atoms with van der Waals surface area (Å²) in [6.45, 7) is 4.04. The van der Waals surface area contributed by atoms with Crippen LogP contribution in [0.25, 0.3) is 0 Å². The number of hydrogen-bond donors (Lipinski definition) is 1. The minimum atomic E-state index is 0.0715. The molecule has 1 amide bonds. The average molecular weight is 226 g/mol. The Labute approximate surface area is 95.6 Å². The van der Waals surface area contributed by atoms with E-state index < -0.39 is 0 Å². The van der Waals surface area contributed by atoms with Crippen LogP contribution in [-0.4, -0.2) is 5.91 Å². The SMILES string of the molecule is CCC(CC)C(=O)Nc1cccc(Cl)c1. The van der Waals surface area contributed by atoms with E-state index >= 15 is 0 Å². The predicted molar refractivity (Wildman–Crippen MR) is 64.2 cm³/mol. The zero-order chi connectivity index (χ0) is 11.3. The number of hydrogen-bond acceptors (Lipinski definition) is 1. The molecule has 0 spiro atoms. The molecule has 0 saturated heterocycles. The molecule has 15 heavy (non-hydrogen) atoms. The van der Waals surface area contributed by atoms with Crippen molar-refractivity contribution in [2.24, 2.45) is 5.92 Å². The molecule has 0 aliphatic rings. The fourth-order valence-corrected chi connectivity index (χ4v) is 1.66. The van der Waals surface area contributed by atoms with E-state index in [4.69, 9.17) is 11.6 Å². The monoisotopic (exact) mass is 225 g/mol. The van der Waals surface area contributed by atoms with Gasteiger partial charge in [0.05, 0.1) is 0 Å². The van der Waals surface area contributed by atoms with Gasteiger partial charge >= 0.3 is 0 Å². The van der Waals surface area contributed by atoms with E-state index in [0.29, 0.717) is 5.02 Å². The molecule has 3 heteroatoms. The Hall–Kier alpha value is -1.02. The number of halogens is 1. The molecule has 1 aromatic carbocycles. The van der Waals surface area contributed by atoms with E-state index in [1.807, 2.05) is 26.0 Å². The third kappa shape index (κ3) is 3.56. The summed E-state index contributed by atoms with van der Waals surface area (Å²) in [5, 5.41) is 3.50. The minimum Gasteiger partial charge on any atom is -0.326 e. The molecule has 0 aromatic heterocycles. The standard InChI is InChI=1S/C12H16ClNO/c1-3-9(4-2)12(15)14-11-7-5-6-10(13)8-11/h5-9H,3-4H2,1-2H3,(H,14,15). The topological polar surface area (TPSA) is 29.1 Å². The Balaban J connectivity index is 2.65. The van der Waals surface area contributed by atoms with Gasteiger partial charge in [-0.3, -0.25) is 4.79 Å². The summed E-state index contributed by atoms with van der Waals surface area (Å²) in [5.74, 6) is 0.159. The molecule has 1 aromatic rings. The molecule has 0 atom stereocenters. The van der Waals surface area contributed by atoms with Crippen molar-refractivity contribution in [2.45, 2.75) is 26.7 Å². The molecule has 1 N–H and O–H groups in total. The summed E-state index contributed by atoms with van der Waals surface area (Å²) in [4.78, 5) is 11.7. The van der Waals surface area contributed by atoms with Crippen molar-refractivity contribution in [3.05, 3.63) is 29.3 Å². The van der Waals surface area contributed by atoms with Gasteiger partial charge in [0.2, 0.25) is 5.91 Å². The number of anilines is 1. The summed E-state index contributed by atoms with van der Waals surface area (Å²) in [6.07, 6.45) is 1.73. The first kappa shape index (κ1) is 12.1. The highest BCUT2D eigenvalue weighted by Crippen LogP contribution is 2.17. The highest BCUT2D eigenvalue weighted by molar-refractivity contribution is 6.30. The Bertz CT molecular complexity index is 334. The van der Waals surface area contributed by atoms with E-state index in [-0.39, 0.29) is 11.8 Å². The molecule has 0 aliphatic heterocycles. The predicted octanol–water partition coefficient (Wildman–Crippen LogP) is 3.71. The number of rotatable bonds is 4. The van der Waals surface area contributed by atoms with Gasteiger partial charge in [0, 0.05) is 16.6 Å². The molecule has 0 radical (unpaired) electrons. The van der Waals surface area contributed by atoms with E-state index in [9.17, 15) is 4.79 Å². The van der Waals surface area contributed by atoms with Gasteiger partial charge in [-0.2, -0.15) is 0 Å². The first-order valence-corrected chi connectivity index (χ1v) is 5.61. The number of carbonyl (C=O) groups excluding carboxylic acids is 1. The van der Waals surface area contributed by atoms with Gasteiger partial charge in [-0.05, 0) is 31.0 Å². The summed E-state index contributed by atoms with van der Waals surface area (Å²) in [7, 11) is 0. The molecule has 0 aliphatic carbocycles. The van der Waals surface area contributed by atoms with Crippen LogP contribution in [0.2, 0.25) is 5.02 Å². The van der Waals surface area contributed by atoms with E-state index in [1.54, 1.807) is 12.1 Å². The van der Waals surface area contributed by atoms with E-state index in [0.717, 1.165) is 18.5 Å². The van der Waals surface area contributed by atoms with Crippen LogP contribution < -0.4 is 5.32 Å². The molecular formula is C12H16ClNO. The zero-order valence-electron chi connectivity index (χ0n) is 9.09. The lowest BCUT2D eigenvalue weighted by Gasteiger charge is -2.12. The first-order valence-electron chi connectivity index (χ1n) is 5.23. The molecule has 0 unspecified atom stereocenters. The second-order valence-electron chi connectivity index (χ2n) is 3.51. The molecule has 1 rings (SSSR count). The Morgan fingerprint density at radius 1 is 1.40 bits per heavy atom. The molecule has 0 heterocycles. The Kier molecular flexibility index (Phi) is 4.63. The fraction of sp³-hybridized carbons (Fsp3) is 0.417. The van der Waals surface area contributed by atoms with Gasteiger partial charge in [-0.25, -0.2) is 0 Å². The maximum absolute atomic E-state index is 11.7. The van der Waals surface area contributed by atoms with Gasteiger partial charge in [-0.15, -0.1) is 0 Å². The lowest BCUT2D eigenvalue weighted by atomic mass is 10.0. The first-order chi connectivity index (χ1) is 7.17. The van der Waals surface area contributed by atoms with Crippen LogP contribution in [0.5, 0.6) is 0 Å². The number of benzene rings is 1. The molecular weight excluding hydrogens is 210 g/mol. The van der Waals surface area contributed by atoms with Crippen LogP contribution in [0.1, 0.15) is 26.7 Å². The number of amides is 1. The smallest absolute Gasteiger partial charge is 0.227 e. The number of nitrogens with one attached hydrogen (secondary N) is 1. The van der Waals surface area contributed by atoms with Gasteiger partial charge in [0.15, 0.2) is 0 Å². The van der Waals surface area contributed by atoms with Crippen LogP contribution in [0, 0.1) is 5.92 Å². The molecule has 0 fully saturated rings. The summed E-state index contributed by atoms with van der Waals surface area (Å²) in [6, 6.07) is 7.20. The highest BCUT2D eigenvalue weighted by atomic mass is 35.5. The van der Waals surface area contributed by atoms with Crippen molar-refractivity contribution in [1.82, 2.24) is 0 Å².